The van der Waals surface area contributed by atoms with E-state index in [-0.39, 0.29) is 0 Å². The molecule has 0 unspecified atom stereocenters. The van der Waals surface area contributed by atoms with Crippen LogP contribution in [0.1, 0.15) is 20.8 Å². The highest BCUT2D eigenvalue weighted by atomic mass is 14.7. The van der Waals surface area contributed by atoms with Gasteiger partial charge in [-0.3, -0.25) is 4.99 Å². The van der Waals surface area contributed by atoms with Crippen LogP contribution in [-0.4, -0.2) is 5.71 Å². The van der Waals surface area contributed by atoms with E-state index in [0.29, 0.717) is 0 Å². The molecule has 0 spiro atoms. The zero-order chi connectivity index (χ0) is 10.3. The molecule has 0 rings (SSSR count). The van der Waals surface area contributed by atoms with Gasteiger partial charge >= 0.3 is 0 Å². The molecule has 0 N–H and O–H groups in total. The van der Waals surface area contributed by atoms with Crippen molar-refractivity contribution in [2.45, 2.75) is 20.8 Å². The Balaban J connectivity index is 4.95. The zero-order valence-electron chi connectivity index (χ0n) is 8.67. The van der Waals surface area contributed by atoms with Gasteiger partial charge in [-0.05, 0) is 26.3 Å². The first-order valence-electron chi connectivity index (χ1n) is 4.25. The molecule has 0 amide bonds. The van der Waals surface area contributed by atoms with Crippen LogP contribution in [0.15, 0.2) is 53.7 Å². The molecule has 0 aliphatic rings. The van der Waals surface area contributed by atoms with Gasteiger partial charge in [-0.25, -0.2) is 0 Å². The third-order valence-corrected chi connectivity index (χ3v) is 1.61. The van der Waals surface area contributed by atoms with Gasteiger partial charge in [0.25, 0.3) is 0 Å². The second kappa shape index (κ2) is 6.18. The Morgan fingerprint density at radius 3 is 2.15 bits per heavy atom. The van der Waals surface area contributed by atoms with Gasteiger partial charge in [0.05, 0.1) is 0 Å². The van der Waals surface area contributed by atoms with Crippen molar-refractivity contribution in [2.24, 2.45) is 4.99 Å². The molecule has 0 fully saturated rings. The molecule has 70 valence electrons. The van der Waals surface area contributed by atoms with E-state index in [1.165, 1.54) is 5.57 Å². The highest BCUT2D eigenvalue weighted by Gasteiger charge is 1.97. The average Bonchev–Trinajstić information content (AvgIpc) is 2.05. The normalized spacial score (nSPS) is 11.5. The van der Waals surface area contributed by atoms with Crippen LogP contribution < -0.4 is 0 Å². The molecule has 0 heterocycles. The van der Waals surface area contributed by atoms with Crippen LogP contribution in [0.5, 0.6) is 0 Å². The molecular weight excluding hydrogens is 158 g/mol. The maximum absolute atomic E-state index is 4.14. The van der Waals surface area contributed by atoms with Crippen LogP contribution in [0.4, 0.5) is 0 Å². The summed E-state index contributed by atoms with van der Waals surface area (Å²) in [6.07, 6.45) is 7.22. The first-order chi connectivity index (χ1) is 6.13. The summed E-state index contributed by atoms with van der Waals surface area (Å²) >= 11 is 0. The molecule has 1 nitrogen and oxygen atoms in total. The summed E-state index contributed by atoms with van der Waals surface area (Å²) < 4.78 is 0. The van der Waals surface area contributed by atoms with E-state index in [0.717, 1.165) is 11.3 Å². The lowest BCUT2D eigenvalue weighted by atomic mass is 10.1. The van der Waals surface area contributed by atoms with E-state index in [1.54, 1.807) is 12.3 Å². The molecule has 0 aromatic heterocycles. The summed E-state index contributed by atoms with van der Waals surface area (Å²) in [7, 11) is 0. The monoisotopic (exact) mass is 175 g/mol. The minimum atomic E-state index is 0.980. The second-order valence-corrected chi connectivity index (χ2v) is 2.91. The molecule has 0 aliphatic carbocycles. The number of rotatable bonds is 4. The minimum absolute atomic E-state index is 0.980. The van der Waals surface area contributed by atoms with Gasteiger partial charge in [0, 0.05) is 11.9 Å². The third kappa shape index (κ3) is 4.26. The summed E-state index contributed by atoms with van der Waals surface area (Å²) in [6.45, 7) is 13.3. The maximum Gasteiger partial charge on any atom is 0.0443 e. The average molecular weight is 175 g/mol. The van der Waals surface area contributed by atoms with Crippen molar-refractivity contribution >= 4 is 5.71 Å². The number of nitrogens with zero attached hydrogens (tertiary/aromatic N) is 1. The summed E-state index contributed by atoms with van der Waals surface area (Å²) in [5, 5.41) is 0. The Hall–Kier alpha value is -1.37. The van der Waals surface area contributed by atoms with Crippen molar-refractivity contribution in [3.05, 3.63) is 48.7 Å². The van der Waals surface area contributed by atoms with E-state index in [9.17, 15) is 0 Å². The lowest BCUT2D eigenvalue weighted by Crippen LogP contribution is -1.96. The molecule has 0 aliphatic heterocycles. The van der Waals surface area contributed by atoms with Gasteiger partial charge < -0.3 is 0 Å². The zero-order valence-corrected chi connectivity index (χ0v) is 8.67. The minimum Gasteiger partial charge on any atom is -0.262 e. The largest absolute Gasteiger partial charge is 0.262 e. The lowest BCUT2D eigenvalue weighted by molar-refractivity contribution is 1.34. The van der Waals surface area contributed by atoms with Crippen molar-refractivity contribution in [3.8, 4) is 0 Å². The third-order valence-electron chi connectivity index (χ3n) is 1.61. The van der Waals surface area contributed by atoms with E-state index < -0.39 is 0 Å². The van der Waals surface area contributed by atoms with Crippen molar-refractivity contribution in [1.29, 1.82) is 0 Å². The van der Waals surface area contributed by atoms with E-state index in [1.807, 2.05) is 19.1 Å². The summed E-state index contributed by atoms with van der Waals surface area (Å²) in [6, 6.07) is 0. The summed E-state index contributed by atoms with van der Waals surface area (Å²) in [5.74, 6) is 0. The highest BCUT2D eigenvalue weighted by Crippen LogP contribution is 2.08. The molecule has 0 aromatic rings. The van der Waals surface area contributed by atoms with Gasteiger partial charge in [-0.1, -0.05) is 37.0 Å². The topological polar surface area (TPSA) is 12.4 Å². The van der Waals surface area contributed by atoms with E-state index in [4.69, 9.17) is 0 Å². The fourth-order valence-electron chi connectivity index (χ4n) is 1.02. The Labute approximate surface area is 80.9 Å². The standard InChI is InChI=1S/C12H17N/c1-6-8-9-12(10(3)4)11(5)13-7-2/h6-9H,1-2H2,3-5H3/b9-8-,13-11?. The first kappa shape index (κ1) is 11.6. The fourth-order valence-corrected chi connectivity index (χ4v) is 1.02. The molecule has 13 heavy (non-hydrogen) atoms. The van der Waals surface area contributed by atoms with Crippen LogP contribution in [0.2, 0.25) is 0 Å². The number of allylic oxidation sites excluding steroid dienone is 5. The van der Waals surface area contributed by atoms with E-state index >= 15 is 0 Å². The Morgan fingerprint density at radius 1 is 1.15 bits per heavy atom. The van der Waals surface area contributed by atoms with Crippen LogP contribution in [-0.2, 0) is 0 Å². The van der Waals surface area contributed by atoms with Gasteiger partial charge in [0.15, 0.2) is 0 Å². The van der Waals surface area contributed by atoms with Crippen molar-refractivity contribution in [1.82, 2.24) is 0 Å². The number of hydrogen-bond donors (Lipinski definition) is 0. The molecule has 0 bridgehead atoms. The van der Waals surface area contributed by atoms with Gasteiger partial charge in [0.1, 0.15) is 0 Å². The van der Waals surface area contributed by atoms with Crippen LogP contribution >= 0.6 is 0 Å². The molecule has 0 saturated carbocycles. The molecule has 0 atom stereocenters. The van der Waals surface area contributed by atoms with Gasteiger partial charge in [-0.15, -0.1) is 0 Å². The van der Waals surface area contributed by atoms with Gasteiger partial charge in [0.2, 0.25) is 0 Å². The summed E-state index contributed by atoms with van der Waals surface area (Å²) in [4.78, 5) is 4.14. The van der Waals surface area contributed by atoms with E-state index in [2.05, 4.69) is 32.0 Å². The fraction of sp³-hybridized carbons (Fsp3) is 0.250. The number of aliphatic imine (C=N–C) groups is 1. The molecule has 1 heteroatoms. The quantitative estimate of drug-likeness (QED) is 0.456. The Morgan fingerprint density at radius 2 is 1.77 bits per heavy atom. The molecule has 0 radical (unpaired) electrons. The van der Waals surface area contributed by atoms with Crippen LogP contribution in [0.25, 0.3) is 0 Å². The summed E-state index contributed by atoms with van der Waals surface area (Å²) in [5.41, 5.74) is 3.36. The molecular formula is C12H17N. The van der Waals surface area contributed by atoms with Crippen LogP contribution in [0.3, 0.4) is 0 Å². The highest BCUT2D eigenvalue weighted by molar-refractivity contribution is 6.01. The smallest absolute Gasteiger partial charge is 0.0443 e. The number of hydrogen-bond acceptors (Lipinski definition) is 1. The lowest BCUT2D eigenvalue weighted by Gasteiger charge is -2.02. The van der Waals surface area contributed by atoms with Crippen molar-refractivity contribution in [3.63, 3.8) is 0 Å². The first-order valence-corrected chi connectivity index (χ1v) is 4.25. The van der Waals surface area contributed by atoms with Crippen molar-refractivity contribution in [2.75, 3.05) is 0 Å². The van der Waals surface area contributed by atoms with Crippen LogP contribution in [0, 0.1) is 0 Å². The molecule has 0 saturated heterocycles. The van der Waals surface area contributed by atoms with Crippen molar-refractivity contribution < 1.29 is 0 Å². The SMILES string of the molecule is C=C/C=C\C(C(C)=NC=C)=C(C)C. The predicted octanol–water partition coefficient (Wildman–Crippen LogP) is 3.67. The molecule has 0 aromatic carbocycles. The van der Waals surface area contributed by atoms with Gasteiger partial charge in [-0.2, -0.15) is 0 Å². The second-order valence-electron chi connectivity index (χ2n) is 2.91. The Kier molecular flexibility index (Phi) is 5.53. The maximum atomic E-state index is 4.14. The Bertz CT molecular complexity index is 273. The predicted molar refractivity (Wildman–Crippen MR) is 61.0 cm³/mol.